The Morgan fingerprint density at radius 3 is 2.79 bits per heavy atom. The predicted molar refractivity (Wildman–Crippen MR) is 96.2 cm³/mol. The summed E-state index contributed by atoms with van der Waals surface area (Å²) in [6.45, 7) is 1.93. The van der Waals surface area contributed by atoms with E-state index in [9.17, 15) is 9.59 Å². The van der Waals surface area contributed by atoms with Gasteiger partial charge in [0.25, 0.3) is 5.91 Å². The van der Waals surface area contributed by atoms with Gasteiger partial charge in [0.15, 0.2) is 5.54 Å². The lowest BCUT2D eigenvalue weighted by Crippen LogP contribution is -2.40. The standard InChI is InChI=1S/C16H13N3O2S3/c1-16(12-3-2-5-23-12)14(20)19(15(21)18-16)7-11-9-24-13(17-11)10-4-6-22-8-10/h2-6,8-9H,7H2,1H3,(H,18,21). The fourth-order valence-corrected chi connectivity index (χ4v) is 4.99. The Morgan fingerprint density at radius 2 is 2.08 bits per heavy atom. The van der Waals surface area contributed by atoms with Gasteiger partial charge in [-0.3, -0.25) is 9.69 Å². The van der Waals surface area contributed by atoms with Crippen LogP contribution in [0, 0.1) is 0 Å². The first-order valence-electron chi connectivity index (χ1n) is 7.23. The molecule has 1 aliphatic rings. The molecule has 1 atom stereocenters. The zero-order chi connectivity index (χ0) is 16.7. The lowest BCUT2D eigenvalue weighted by molar-refractivity contribution is -0.131. The van der Waals surface area contributed by atoms with Crippen molar-refractivity contribution in [3.05, 3.63) is 50.3 Å². The van der Waals surface area contributed by atoms with Crippen LogP contribution in [0.1, 0.15) is 17.5 Å². The molecule has 1 N–H and O–H groups in total. The minimum Gasteiger partial charge on any atom is -0.319 e. The highest BCUT2D eigenvalue weighted by molar-refractivity contribution is 7.14. The first-order valence-corrected chi connectivity index (χ1v) is 9.93. The highest BCUT2D eigenvalue weighted by Gasteiger charge is 2.49. The van der Waals surface area contributed by atoms with Gasteiger partial charge >= 0.3 is 6.03 Å². The number of thiazole rings is 1. The number of hydrogen-bond donors (Lipinski definition) is 1. The second-order valence-corrected chi connectivity index (χ2v) is 8.17. The van der Waals surface area contributed by atoms with E-state index in [0.29, 0.717) is 0 Å². The summed E-state index contributed by atoms with van der Waals surface area (Å²) in [5.41, 5.74) is 0.800. The van der Waals surface area contributed by atoms with E-state index < -0.39 is 5.54 Å². The van der Waals surface area contributed by atoms with Crippen molar-refractivity contribution < 1.29 is 9.59 Å². The van der Waals surface area contributed by atoms with Gasteiger partial charge in [-0.15, -0.1) is 22.7 Å². The molecular weight excluding hydrogens is 362 g/mol. The topological polar surface area (TPSA) is 62.3 Å². The van der Waals surface area contributed by atoms with Gasteiger partial charge in [0.2, 0.25) is 0 Å². The largest absolute Gasteiger partial charge is 0.325 e. The van der Waals surface area contributed by atoms with Crippen LogP contribution in [0.5, 0.6) is 0 Å². The summed E-state index contributed by atoms with van der Waals surface area (Å²) >= 11 is 4.59. The molecule has 3 amide bonds. The Balaban J connectivity index is 1.57. The Kier molecular flexibility index (Phi) is 3.75. The van der Waals surface area contributed by atoms with E-state index in [1.54, 1.807) is 18.3 Å². The smallest absolute Gasteiger partial charge is 0.319 e. The number of amides is 3. The number of thiophene rings is 2. The van der Waals surface area contributed by atoms with E-state index in [-0.39, 0.29) is 18.5 Å². The molecular formula is C16H13N3O2S3. The molecule has 0 radical (unpaired) electrons. The monoisotopic (exact) mass is 375 g/mol. The van der Waals surface area contributed by atoms with Crippen molar-refractivity contribution in [3.63, 3.8) is 0 Å². The minimum absolute atomic E-state index is 0.187. The van der Waals surface area contributed by atoms with Crippen LogP contribution in [0.2, 0.25) is 0 Å². The molecule has 1 saturated heterocycles. The molecule has 0 aromatic carbocycles. The molecule has 24 heavy (non-hydrogen) atoms. The molecule has 3 aromatic heterocycles. The number of carbonyl (C=O) groups excluding carboxylic acids is 2. The molecule has 3 aromatic rings. The fraction of sp³-hybridized carbons (Fsp3) is 0.188. The molecule has 1 fully saturated rings. The Morgan fingerprint density at radius 1 is 1.21 bits per heavy atom. The number of nitrogens with zero attached hydrogens (tertiary/aromatic N) is 2. The SMILES string of the molecule is CC1(c2cccs2)NC(=O)N(Cc2csc(-c3ccsc3)n2)C1=O. The van der Waals surface area contributed by atoms with Gasteiger partial charge in [0.1, 0.15) is 5.01 Å². The number of rotatable bonds is 4. The van der Waals surface area contributed by atoms with E-state index in [4.69, 9.17) is 0 Å². The van der Waals surface area contributed by atoms with E-state index >= 15 is 0 Å². The number of carbonyl (C=O) groups is 2. The van der Waals surface area contributed by atoms with Crippen LogP contribution >= 0.6 is 34.0 Å². The van der Waals surface area contributed by atoms with Gasteiger partial charge in [-0.2, -0.15) is 11.3 Å². The molecule has 0 spiro atoms. The predicted octanol–water partition coefficient (Wildman–Crippen LogP) is 3.90. The van der Waals surface area contributed by atoms with Crippen LogP contribution in [0.25, 0.3) is 10.6 Å². The molecule has 0 aliphatic carbocycles. The average Bonchev–Trinajstić information content (AvgIpc) is 3.34. The van der Waals surface area contributed by atoms with Crippen molar-refractivity contribution in [2.45, 2.75) is 19.0 Å². The van der Waals surface area contributed by atoms with Gasteiger partial charge in [-0.1, -0.05) is 6.07 Å². The molecule has 8 heteroatoms. The van der Waals surface area contributed by atoms with Gasteiger partial charge in [-0.05, 0) is 29.8 Å². The number of nitrogens with one attached hydrogen (secondary N) is 1. The Labute approximate surface area is 150 Å². The van der Waals surface area contributed by atoms with Crippen molar-refractivity contribution in [3.8, 4) is 10.6 Å². The van der Waals surface area contributed by atoms with Gasteiger partial charge in [-0.25, -0.2) is 9.78 Å². The summed E-state index contributed by atoms with van der Waals surface area (Å²) in [5, 5.41) is 11.5. The lowest BCUT2D eigenvalue weighted by Gasteiger charge is -2.19. The van der Waals surface area contributed by atoms with E-state index in [1.807, 2.05) is 39.7 Å². The normalized spacial score (nSPS) is 20.6. The maximum absolute atomic E-state index is 12.8. The first-order chi connectivity index (χ1) is 11.6. The molecule has 4 rings (SSSR count). The number of urea groups is 1. The molecule has 0 saturated carbocycles. The van der Waals surface area contributed by atoms with Crippen molar-refractivity contribution in [1.29, 1.82) is 0 Å². The second kappa shape index (κ2) is 5.80. The summed E-state index contributed by atoms with van der Waals surface area (Å²) in [6, 6.07) is 5.38. The number of imide groups is 1. The average molecular weight is 376 g/mol. The molecule has 4 heterocycles. The number of hydrogen-bond acceptors (Lipinski definition) is 6. The first kappa shape index (κ1) is 15.5. The van der Waals surface area contributed by atoms with Crippen molar-refractivity contribution in [2.24, 2.45) is 0 Å². The summed E-state index contributed by atoms with van der Waals surface area (Å²) in [7, 11) is 0. The van der Waals surface area contributed by atoms with Crippen LogP contribution in [0.3, 0.4) is 0 Å². The maximum atomic E-state index is 12.8. The Bertz CT molecular complexity index is 886. The van der Waals surface area contributed by atoms with E-state index in [0.717, 1.165) is 21.1 Å². The highest BCUT2D eigenvalue weighted by Crippen LogP contribution is 2.33. The van der Waals surface area contributed by atoms with Gasteiger partial charge in [0, 0.05) is 21.2 Å². The fourth-order valence-electron chi connectivity index (χ4n) is 2.63. The van der Waals surface area contributed by atoms with Crippen LogP contribution in [0.4, 0.5) is 4.79 Å². The van der Waals surface area contributed by atoms with Gasteiger partial charge in [0.05, 0.1) is 12.2 Å². The molecule has 122 valence electrons. The summed E-state index contributed by atoms with van der Waals surface area (Å²) in [5.74, 6) is -0.236. The van der Waals surface area contributed by atoms with E-state index in [1.165, 1.54) is 27.6 Å². The lowest BCUT2D eigenvalue weighted by atomic mass is 10.0. The molecule has 1 aliphatic heterocycles. The van der Waals surface area contributed by atoms with Crippen molar-refractivity contribution >= 4 is 45.9 Å². The zero-order valence-electron chi connectivity index (χ0n) is 12.7. The highest BCUT2D eigenvalue weighted by atomic mass is 32.1. The van der Waals surface area contributed by atoms with Crippen LogP contribution in [0.15, 0.2) is 39.7 Å². The maximum Gasteiger partial charge on any atom is 0.325 e. The van der Waals surface area contributed by atoms with E-state index in [2.05, 4.69) is 10.3 Å². The summed E-state index contributed by atoms with van der Waals surface area (Å²) in [4.78, 5) is 31.7. The molecule has 0 bridgehead atoms. The summed E-state index contributed by atoms with van der Waals surface area (Å²) < 4.78 is 0. The minimum atomic E-state index is -0.989. The number of aromatic nitrogens is 1. The van der Waals surface area contributed by atoms with Crippen molar-refractivity contribution in [1.82, 2.24) is 15.2 Å². The summed E-state index contributed by atoms with van der Waals surface area (Å²) in [6.07, 6.45) is 0. The second-order valence-electron chi connectivity index (χ2n) is 5.58. The van der Waals surface area contributed by atoms with Crippen LogP contribution in [-0.4, -0.2) is 21.8 Å². The third-order valence-electron chi connectivity index (χ3n) is 3.93. The Hall–Kier alpha value is -2.03. The van der Waals surface area contributed by atoms with Gasteiger partial charge < -0.3 is 5.32 Å². The third kappa shape index (κ3) is 2.47. The quantitative estimate of drug-likeness (QED) is 0.704. The van der Waals surface area contributed by atoms with Crippen LogP contribution in [-0.2, 0) is 16.9 Å². The molecule has 1 unspecified atom stereocenters. The molecule has 5 nitrogen and oxygen atoms in total. The third-order valence-corrected chi connectivity index (χ3v) is 6.64. The zero-order valence-corrected chi connectivity index (χ0v) is 15.1. The van der Waals surface area contributed by atoms with Crippen molar-refractivity contribution in [2.75, 3.05) is 0 Å². The van der Waals surface area contributed by atoms with Crippen LogP contribution < -0.4 is 5.32 Å².